The van der Waals surface area contributed by atoms with Crippen LogP contribution in [0.3, 0.4) is 0 Å². The van der Waals surface area contributed by atoms with E-state index in [-0.39, 0.29) is 0 Å². The number of hydrogen-bond acceptors (Lipinski definition) is 0. The van der Waals surface area contributed by atoms with E-state index in [1.807, 2.05) is 0 Å². The normalized spacial score (nSPS) is 34.2. The highest BCUT2D eigenvalue weighted by molar-refractivity contribution is 5.38. The molecular formula is C23H30. The van der Waals surface area contributed by atoms with Gasteiger partial charge in [0.2, 0.25) is 0 Å². The zero-order valence-corrected chi connectivity index (χ0v) is 14.6. The van der Waals surface area contributed by atoms with Crippen LogP contribution in [-0.4, -0.2) is 0 Å². The monoisotopic (exact) mass is 306 g/mol. The zero-order valence-electron chi connectivity index (χ0n) is 14.6. The highest BCUT2D eigenvalue weighted by Gasteiger charge is 2.50. The maximum Gasteiger partial charge on any atom is 0.0326 e. The van der Waals surface area contributed by atoms with Crippen LogP contribution in [0.25, 0.3) is 0 Å². The van der Waals surface area contributed by atoms with Crippen LogP contribution < -0.4 is 0 Å². The molecule has 0 unspecified atom stereocenters. The molecule has 122 valence electrons. The van der Waals surface area contributed by atoms with Gasteiger partial charge in [-0.1, -0.05) is 43.7 Å². The lowest BCUT2D eigenvalue weighted by Crippen LogP contribution is -2.45. The van der Waals surface area contributed by atoms with Crippen LogP contribution in [0.15, 0.2) is 24.3 Å². The molecule has 0 radical (unpaired) electrons. The second kappa shape index (κ2) is 6.35. The Kier molecular flexibility index (Phi) is 4.23. The molecule has 4 saturated carbocycles. The quantitative estimate of drug-likeness (QED) is 0.473. The van der Waals surface area contributed by atoms with E-state index < -0.39 is 0 Å². The lowest BCUT2D eigenvalue weighted by atomic mass is 9.50. The largest absolute Gasteiger partial charge is 0.0911 e. The summed E-state index contributed by atoms with van der Waals surface area (Å²) in [5.41, 5.74) is 3.08. The van der Waals surface area contributed by atoms with Gasteiger partial charge in [-0.25, -0.2) is 0 Å². The molecule has 1 aromatic rings. The van der Waals surface area contributed by atoms with Crippen molar-refractivity contribution in [2.75, 3.05) is 0 Å². The summed E-state index contributed by atoms with van der Waals surface area (Å²) in [6.07, 6.45) is 13.9. The van der Waals surface area contributed by atoms with Crippen LogP contribution in [0.4, 0.5) is 0 Å². The average molecular weight is 306 g/mol. The van der Waals surface area contributed by atoms with E-state index in [2.05, 4.69) is 43.0 Å². The molecule has 0 spiro atoms. The van der Waals surface area contributed by atoms with Crippen molar-refractivity contribution >= 4 is 0 Å². The van der Waals surface area contributed by atoms with Crippen molar-refractivity contribution in [2.24, 2.45) is 23.2 Å². The van der Waals surface area contributed by atoms with Crippen LogP contribution in [0.2, 0.25) is 0 Å². The Balaban J connectivity index is 1.43. The molecule has 23 heavy (non-hydrogen) atoms. The summed E-state index contributed by atoms with van der Waals surface area (Å²) < 4.78 is 0. The van der Waals surface area contributed by atoms with Gasteiger partial charge in [0.05, 0.1) is 0 Å². The van der Waals surface area contributed by atoms with Crippen molar-refractivity contribution < 1.29 is 0 Å². The molecule has 0 saturated heterocycles. The molecule has 4 aliphatic rings. The fourth-order valence-electron chi connectivity index (χ4n) is 5.80. The van der Waals surface area contributed by atoms with Crippen LogP contribution in [-0.2, 0) is 6.42 Å². The smallest absolute Gasteiger partial charge is 0.0326 e. The first-order valence-electron chi connectivity index (χ1n) is 9.87. The van der Waals surface area contributed by atoms with Gasteiger partial charge in [0.25, 0.3) is 0 Å². The van der Waals surface area contributed by atoms with Crippen LogP contribution >= 0.6 is 0 Å². The fraction of sp³-hybridized carbons (Fsp3) is 0.652. The summed E-state index contributed by atoms with van der Waals surface area (Å²) in [7, 11) is 0. The molecule has 0 N–H and O–H groups in total. The predicted molar refractivity (Wildman–Crippen MR) is 97.2 cm³/mol. The van der Waals surface area contributed by atoms with E-state index in [1.165, 1.54) is 75.3 Å². The Morgan fingerprint density at radius 3 is 2.09 bits per heavy atom. The topological polar surface area (TPSA) is 0 Å². The second-order valence-electron chi connectivity index (χ2n) is 8.60. The molecule has 4 aliphatic carbocycles. The number of hydrogen-bond donors (Lipinski definition) is 0. The Bertz CT molecular complexity index is 560. The summed E-state index contributed by atoms with van der Waals surface area (Å²) in [4.78, 5) is 0. The number of aryl methyl sites for hydroxylation is 1. The van der Waals surface area contributed by atoms with Crippen LogP contribution in [0, 0.1) is 35.0 Å². The lowest BCUT2D eigenvalue weighted by Gasteiger charge is -2.54. The Morgan fingerprint density at radius 1 is 0.913 bits per heavy atom. The standard InChI is InChI=1S/C23H30/c1-2-3-4-5-18-6-8-19(9-7-18)10-11-23-15-20-12-21(16-23)14-22(13-20)17-23/h6-9,20-22H,2-5,12-17H2,1H3. The van der Waals surface area contributed by atoms with Crippen molar-refractivity contribution in [3.63, 3.8) is 0 Å². The summed E-state index contributed by atoms with van der Waals surface area (Å²) in [6, 6.07) is 9.07. The van der Waals surface area contributed by atoms with Crippen molar-refractivity contribution in [3.05, 3.63) is 35.4 Å². The van der Waals surface area contributed by atoms with E-state index in [1.54, 1.807) is 0 Å². The van der Waals surface area contributed by atoms with Gasteiger partial charge in [-0.3, -0.25) is 0 Å². The van der Waals surface area contributed by atoms with Gasteiger partial charge < -0.3 is 0 Å². The molecular weight excluding hydrogens is 276 g/mol. The highest BCUT2D eigenvalue weighted by atomic mass is 14.5. The highest BCUT2D eigenvalue weighted by Crippen LogP contribution is 2.59. The first-order valence-corrected chi connectivity index (χ1v) is 9.87. The maximum absolute atomic E-state index is 3.77. The predicted octanol–water partition coefficient (Wildman–Crippen LogP) is 5.99. The van der Waals surface area contributed by atoms with Crippen molar-refractivity contribution in [1.82, 2.24) is 0 Å². The van der Waals surface area contributed by atoms with Gasteiger partial charge in [0.1, 0.15) is 0 Å². The molecule has 5 rings (SSSR count). The first kappa shape index (κ1) is 15.3. The van der Waals surface area contributed by atoms with E-state index in [4.69, 9.17) is 0 Å². The minimum atomic E-state index is 0.383. The van der Waals surface area contributed by atoms with Gasteiger partial charge >= 0.3 is 0 Å². The molecule has 0 amide bonds. The fourth-order valence-corrected chi connectivity index (χ4v) is 5.80. The van der Waals surface area contributed by atoms with E-state index in [0.29, 0.717) is 5.41 Å². The van der Waals surface area contributed by atoms with Gasteiger partial charge in [-0.05, 0) is 86.8 Å². The van der Waals surface area contributed by atoms with Gasteiger partial charge in [-0.15, -0.1) is 0 Å². The number of unbranched alkanes of at least 4 members (excludes halogenated alkanes) is 2. The minimum absolute atomic E-state index is 0.383. The molecule has 4 fully saturated rings. The zero-order chi connectivity index (χ0) is 15.7. The van der Waals surface area contributed by atoms with Crippen molar-refractivity contribution in [2.45, 2.75) is 71.1 Å². The Labute approximate surface area is 142 Å². The SMILES string of the molecule is CCCCCc1ccc(C#CC23CC4CC(CC(C4)C2)C3)cc1. The third kappa shape index (κ3) is 3.35. The summed E-state index contributed by atoms with van der Waals surface area (Å²) in [6.45, 7) is 2.27. The second-order valence-corrected chi connectivity index (χ2v) is 8.60. The van der Waals surface area contributed by atoms with Gasteiger partial charge in [-0.2, -0.15) is 0 Å². The molecule has 1 aromatic carbocycles. The van der Waals surface area contributed by atoms with E-state index in [0.717, 1.165) is 17.8 Å². The first-order chi connectivity index (χ1) is 11.2. The lowest BCUT2D eigenvalue weighted by molar-refractivity contribution is -0.0181. The average Bonchev–Trinajstić information content (AvgIpc) is 2.53. The van der Waals surface area contributed by atoms with Crippen LogP contribution in [0.1, 0.15) is 75.8 Å². The van der Waals surface area contributed by atoms with E-state index >= 15 is 0 Å². The summed E-state index contributed by atoms with van der Waals surface area (Å²) in [5.74, 6) is 10.3. The number of rotatable bonds is 4. The number of benzene rings is 1. The molecule has 0 aliphatic heterocycles. The third-order valence-electron chi connectivity index (χ3n) is 6.53. The van der Waals surface area contributed by atoms with Gasteiger partial charge in [0.15, 0.2) is 0 Å². The van der Waals surface area contributed by atoms with Gasteiger partial charge in [0, 0.05) is 11.0 Å². The summed E-state index contributed by atoms with van der Waals surface area (Å²) in [5, 5.41) is 0. The van der Waals surface area contributed by atoms with E-state index in [9.17, 15) is 0 Å². The maximum atomic E-state index is 3.77. The Hall–Kier alpha value is -1.22. The molecule has 0 aromatic heterocycles. The van der Waals surface area contributed by atoms with Crippen molar-refractivity contribution in [1.29, 1.82) is 0 Å². The molecule has 0 atom stereocenters. The third-order valence-corrected chi connectivity index (χ3v) is 6.53. The molecule has 0 heterocycles. The molecule has 4 bridgehead atoms. The van der Waals surface area contributed by atoms with Crippen molar-refractivity contribution in [3.8, 4) is 11.8 Å². The molecule has 0 nitrogen and oxygen atoms in total. The van der Waals surface area contributed by atoms with Crippen LogP contribution in [0.5, 0.6) is 0 Å². The molecule has 0 heteroatoms. The minimum Gasteiger partial charge on any atom is -0.0911 e. The Morgan fingerprint density at radius 2 is 1.52 bits per heavy atom. The summed E-state index contributed by atoms with van der Waals surface area (Å²) >= 11 is 0.